The van der Waals surface area contributed by atoms with Gasteiger partial charge in [-0.25, -0.2) is 13.8 Å². The summed E-state index contributed by atoms with van der Waals surface area (Å²) in [7, 11) is -4.89. The number of nitrogens with one attached hydrogen (secondary N) is 1. The van der Waals surface area contributed by atoms with Crippen molar-refractivity contribution < 1.29 is 33.1 Å². The van der Waals surface area contributed by atoms with Gasteiger partial charge < -0.3 is 19.6 Å². The molecule has 0 radical (unpaired) electrons. The third-order valence-electron chi connectivity index (χ3n) is 3.06. The standard InChI is InChI=1S/C9H11FN5O8P/c10-6-7(17)3(2-22-24(19,20)21)23-8(6)15-4(13-14-11)1-5(16)12-9(15)18/h1,3,6-8,17H,2H2,(H,12,16,18)(H2,19,20,21)/t3-,6-,7-,8-/m1/s1. The van der Waals surface area contributed by atoms with Gasteiger partial charge in [0.15, 0.2) is 12.4 Å². The van der Waals surface area contributed by atoms with Crippen LogP contribution in [0, 0.1) is 0 Å². The van der Waals surface area contributed by atoms with Gasteiger partial charge in [-0.1, -0.05) is 0 Å². The lowest BCUT2D eigenvalue weighted by molar-refractivity contribution is -0.0476. The van der Waals surface area contributed by atoms with E-state index in [2.05, 4.69) is 14.5 Å². The van der Waals surface area contributed by atoms with Crippen LogP contribution in [0.2, 0.25) is 0 Å². The molecule has 0 amide bonds. The SMILES string of the molecule is [N-]=[N+]=Nc1cc(=O)[nH]c(=O)n1[C@@H]1O[C@H](COP(=O)(O)O)[C@@H](O)[C@H]1F. The maximum absolute atomic E-state index is 14.2. The number of H-pyrrole nitrogens is 1. The average Bonchev–Trinajstić information content (AvgIpc) is 2.72. The Bertz CT molecular complexity index is 828. The zero-order chi connectivity index (χ0) is 18.1. The Morgan fingerprint density at radius 2 is 2.21 bits per heavy atom. The Labute approximate surface area is 131 Å². The van der Waals surface area contributed by atoms with Gasteiger partial charge in [0, 0.05) is 11.0 Å². The van der Waals surface area contributed by atoms with Gasteiger partial charge in [-0.05, 0) is 10.6 Å². The largest absolute Gasteiger partial charge is 0.469 e. The van der Waals surface area contributed by atoms with Gasteiger partial charge in [0.1, 0.15) is 18.0 Å². The molecule has 15 heteroatoms. The van der Waals surface area contributed by atoms with Crippen LogP contribution in [-0.2, 0) is 13.8 Å². The number of hydrogen-bond donors (Lipinski definition) is 4. The molecule has 1 aliphatic heterocycles. The number of aromatic amines is 1. The predicted octanol–water partition coefficient (Wildman–Crippen LogP) is -0.816. The van der Waals surface area contributed by atoms with Crippen LogP contribution in [0.5, 0.6) is 0 Å². The van der Waals surface area contributed by atoms with Crippen LogP contribution in [0.3, 0.4) is 0 Å². The van der Waals surface area contributed by atoms with Crippen molar-refractivity contribution in [1.29, 1.82) is 0 Å². The number of halogens is 1. The molecule has 4 N–H and O–H groups in total. The summed E-state index contributed by atoms with van der Waals surface area (Å²) in [6.45, 7) is -0.864. The summed E-state index contributed by atoms with van der Waals surface area (Å²) in [5, 5.41) is 12.8. The van der Waals surface area contributed by atoms with Crippen LogP contribution in [0.4, 0.5) is 10.2 Å². The summed E-state index contributed by atoms with van der Waals surface area (Å²) in [6, 6.07) is 0.711. The van der Waals surface area contributed by atoms with Crippen molar-refractivity contribution in [3.05, 3.63) is 37.3 Å². The number of alkyl halides is 1. The molecule has 0 spiro atoms. The van der Waals surface area contributed by atoms with Crippen molar-refractivity contribution in [2.24, 2.45) is 5.11 Å². The van der Waals surface area contributed by atoms with E-state index in [0.717, 1.165) is 0 Å². The summed E-state index contributed by atoms with van der Waals surface area (Å²) in [5.41, 5.74) is 6.38. The molecule has 4 atom stereocenters. The maximum atomic E-state index is 14.2. The highest BCUT2D eigenvalue weighted by atomic mass is 31.2. The van der Waals surface area contributed by atoms with E-state index in [0.29, 0.717) is 10.6 Å². The first-order valence-corrected chi connectivity index (χ1v) is 7.75. The predicted molar refractivity (Wildman–Crippen MR) is 72.9 cm³/mol. The molecule has 13 nitrogen and oxygen atoms in total. The van der Waals surface area contributed by atoms with Gasteiger partial charge in [0.2, 0.25) is 0 Å². The first-order valence-electron chi connectivity index (χ1n) is 6.22. The molecule has 1 fully saturated rings. The van der Waals surface area contributed by atoms with Gasteiger partial charge in [-0.3, -0.25) is 18.9 Å². The number of phosphoric ester groups is 1. The fourth-order valence-electron chi connectivity index (χ4n) is 2.08. The Morgan fingerprint density at radius 3 is 2.79 bits per heavy atom. The highest BCUT2D eigenvalue weighted by molar-refractivity contribution is 7.46. The van der Waals surface area contributed by atoms with Crippen LogP contribution in [0.1, 0.15) is 6.23 Å². The van der Waals surface area contributed by atoms with Crippen LogP contribution in [-0.4, -0.2) is 49.4 Å². The van der Waals surface area contributed by atoms with E-state index in [1.165, 1.54) is 0 Å². The second kappa shape index (κ2) is 6.83. The molecule has 0 saturated carbocycles. The lowest BCUT2D eigenvalue weighted by Crippen LogP contribution is -2.36. The van der Waals surface area contributed by atoms with Gasteiger partial charge in [-0.15, -0.1) is 0 Å². The normalized spacial score (nSPS) is 27.0. The number of hydrogen-bond acceptors (Lipinski definition) is 7. The van der Waals surface area contributed by atoms with E-state index in [-0.39, 0.29) is 0 Å². The van der Waals surface area contributed by atoms with Crippen molar-refractivity contribution in [2.75, 3.05) is 6.61 Å². The molecule has 2 heterocycles. The molecule has 2 rings (SSSR count). The first kappa shape index (κ1) is 18.3. The van der Waals surface area contributed by atoms with Crippen molar-refractivity contribution >= 4 is 13.6 Å². The molecule has 0 bridgehead atoms. The Balaban J connectivity index is 2.36. The van der Waals surface area contributed by atoms with Gasteiger partial charge >= 0.3 is 13.5 Å². The highest BCUT2D eigenvalue weighted by Gasteiger charge is 2.46. The van der Waals surface area contributed by atoms with Crippen LogP contribution in [0.15, 0.2) is 20.8 Å². The highest BCUT2D eigenvalue weighted by Crippen LogP contribution is 2.39. The molecular weight excluding hydrogens is 356 g/mol. The van der Waals surface area contributed by atoms with E-state index in [9.17, 15) is 23.7 Å². The first-order chi connectivity index (χ1) is 11.1. The fraction of sp³-hybridized carbons (Fsp3) is 0.556. The maximum Gasteiger partial charge on any atom is 0.469 e. The van der Waals surface area contributed by atoms with E-state index in [1.54, 1.807) is 4.98 Å². The Hall–Kier alpha value is -2.05. The number of ether oxygens (including phenoxy) is 1. The summed E-state index contributed by atoms with van der Waals surface area (Å²) >= 11 is 0. The van der Waals surface area contributed by atoms with Crippen LogP contribution < -0.4 is 11.2 Å². The average molecular weight is 367 g/mol. The van der Waals surface area contributed by atoms with Crippen molar-refractivity contribution in [1.82, 2.24) is 9.55 Å². The molecule has 1 aliphatic rings. The monoisotopic (exact) mass is 367 g/mol. The number of phosphoric acid groups is 1. The Morgan fingerprint density at radius 1 is 1.54 bits per heavy atom. The number of aliphatic hydroxyl groups excluding tert-OH is 1. The molecule has 0 unspecified atom stereocenters. The molecule has 1 saturated heterocycles. The van der Waals surface area contributed by atoms with E-state index >= 15 is 0 Å². The second-order valence-corrected chi connectivity index (χ2v) is 5.88. The minimum absolute atomic E-state index is 0.465. The number of azide groups is 1. The van der Waals surface area contributed by atoms with Gasteiger partial charge in [0.25, 0.3) is 5.56 Å². The summed E-state index contributed by atoms with van der Waals surface area (Å²) in [4.78, 5) is 44.5. The Kier molecular flexibility index (Phi) is 5.20. The van der Waals surface area contributed by atoms with E-state index in [4.69, 9.17) is 20.1 Å². The molecule has 1 aromatic heterocycles. The van der Waals surface area contributed by atoms with Crippen molar-refractivity contribution in [3.63, 3.8) is 0 Å². The lowest BCUT2D eigenvalue weighted by atomic mass is 10.1. The smallest absolute Gasteiger partial charge is 0.387 e. The number of nitrogens with zero attached hydrogens (tertiary/aromatic N) is 4. The van der Waals surface area contributed by atoms with Crippen molar-refractivity contribution in [2.45, 2.75) is 24.6 Å². The minimum atomic E-state index is -4.89. The topological polar surface area (TPSA) is 200 Å². The summed E-state index contributed by atoms with van der Waals surface area (Å²) < 4.78 is 34.5. The zero-order valence-electron chi connectivity index (χ0n) is 11.6. The second-order valence-electron chi connectivity index (χ2n) is 4.64. The molecule has 1 aromatic rings. The quantitative estimate of drug-likeness (QED) is 0.224. The summed E-state index contributed by atoms with van der Waals surface area (Å²) in [6.07, 6.45) is -7.45. The third-order valence-corrected chi connectivity index (χ3v) is 3.54. The number of aromatic nitrogens is 2. The lowest BCUT2D eigenvalue weighted by Gasteiger charge is -2.18. The molecule has 132 valence electrons. The van der Waals surface area contributed by atoms with Crippen LogP contribution in [0.25, 0.3) is 10.4 Å². The summed E-state index contributed by atoms with van der Waals surface area (Å²) in [5.74, 6) is -0.567. The van der Waals surface area contributed by atoms with Crippen LogP contribution >= 0.6 is 7.82 Å². The van der Waals surface area contributed by atoms with Crippen molar-refractivity contribution in [3.8, 4) is 0 Å². The molecule has 0 aliphatic carbocycles. The van der Waals surface area contributed by atoms with Gasteiger partial charge in [0.05, 0.1) is 6.61 Å². The zero-order valence-corrected chi connectivity index (χ0v) is 12.5. The minimum Gasteiger partial charge on any atom is -0.387 e. The molecule has 0 aromatic carbocycles. The van der Waals surface area contributed by atoms with E-state index < -0.39 is 56.1 Å². The fourth-order valence-corrected chi connectivity index (χ4v) is 2.42. The molecular formula is C9H11FN5O8P. The van der Waals surface area contributed by atoms with Gasteiger partial charge in [-0.2, -0.15) is 0 Å². The third kappa shape index (κ3) is 3.88. The number of rotatable bonds is 5. The number of aliphatic hydroxyl groups is 1. The van der Waals surface area contributed by atoms with E-state index in [1.807, 2.05) is 0 Å². The molecule has 24 heavy (non-hydrogen) atoms.